The first-order valence-corrected chi connectivity index (χ1v) is 5.61. The van der Waals surface area contributed by atoms with Gasteiger partial charge in [0.25, 0.3) is 0 Å². The van der Waals surface area contributed by atoms with E-state index in [1.165, 1.54) is 38.6 Å². The minimum absolute atomic E-state index is 0.484. The third-order valence-electron chi connectivity index (χ3n) is 3.62. The zero-order chi connectivity index (χ0) is 9.15. The van der Waals surface area contributed by atoms with Crippen LogP contribution in [0.15, 0.2) is 0 Å². The summed E-state index contributed by atoms with van der Waals surface area (Å²) in [7, 11) is 0. The average Bonchev–Trinajstić information content (AvgIpc) is 2.13. The van der Waals surface area contributed by atoms with Gasteiger partial charge in [-0.25, -0.2) is 0 Å². The summed E-state index contributed by atoms with van der Waals surface area (Å²) in [6, 6.07) is 0. The van der Waals surface area contributed by atoms with Crippen molar-refractivity contribution in [2.45, 2.75) is 44.6 Å². The molecular weight excluding hydrogens is 162 g/mol. The predicted octanol–water partition coefficient (Wildman–Crippen LogP) is 1.95. The highest BCUT2D eigenvalue weighted by Crippen LogP contribution is 2.31. The quantitative estimate of drug-likeness (QED) is 0.722. The summed E-state index contributed by atoms with van der Waals surface area (Å²) in [4.78, 5) is 0. The van der Waals surface area contributed by atoms with Gasteiger partial charge in [-0.2, -0.15) is 0 Å². The van der Waals surface area contributed by atoms with Gasteiger partial charge in [0, 0.05) is 18.8 Å². The molecule has 0 atom stereocenters. The number of nitrogens with one attached hydrogen (secondary N) is 1. The summed E-state index contributed by atoms with van der Waals surface area (Å²) in [6.07, 6.45) is 6.66. The van der Waals surface area contributed by atoms with Crippen LogP contribution in [0.3, 0.4) is 0 Å². The van der Waals surface area contributed by atoms with E-state index in [-0.39, 0.29) is 0 Å². The molecule has 2 rings (SSSR count). The molecule has 1 saturated heterocycles. The molecule has 0 aromatic carbocycles. The maximum Gasteiger partial charge on any atom is 0.0469 e. The summed E-state index contributed by atoms with van der Waals surface area (Å²) in [6.45, 7) is 5.52. The third kappa shape index (κ3) is 2.44. The zero-order valence-electron chi connectivity index (χ0n) is 8.64. The fourth-order valence-corrected chi connectivity index (χ4v) is 2.23. The van der Waals surface area contributed by atoms with E-state index in [0.29, 0.717) is 5.54 Å². The van der Waals surface area contributed by atoms with Crippen molar-refractivity contribution in [1.82, 2.24) is 5.32 Å². The van der Waals surface area contributed by atoms with Gasteiger partial charge in [-0.05, 0) is 51.5 Å². The van der Waals surface area contributed by atoms with E-state index in [2.05, 4.69) is 12.2 Å². The van der Waals surface area contributed by atoms with Crippen LogP contribution in [0.5, 0.6) is 0 Å². The first-order chi connectivity index (χ1) is 6.29. The second-order valence-electron chi connectivity index (χ2n) is 4.85. The maximum atomic E-state index is 5.34. The molecule has 76 valence electrons. The van der Waals surface area contributed by atoms with E-state index in [9.17, 15) is 0 Å². The molecule has 13 heavy (non-hydrogen) atoms. The van der Waals surface area contributed by atoms with Gasteiger partial charge in [-0.15, -0.1) is 0 Å². The first-order valence-electron chi connectivity index (χ1n) is 5.61. The van der Waals surface area contributed by atoms with Crippen molar-refractivity contribution in [2.24, 2.45) is 5.92 Å². The molecule has 0 spiro atoms. The predicted molar refractivity (Wildman–Crippen MR) is 53.8 cm³/mol. The second-order valence-corrected chi connectivity index (χ2v) is 4.85. The molecule has 1 aliphatic carbocycles. The molecule has 0 unspecified atom stereocenters. The van der Waals surface area contributed by atoms with Gasteiger partial charge in [-0.1, -0.05) is 0 Å². The van der Waals surface area contributed by atoms with Crippen LogP contribution in [0.4, 0.5) is 0 Å². The fraction of sp³-hybridized carbons (Fsp3) is 1.00. The Bertz CT molecular complexity index is 159. The number of ether oxygens (including phenoxy) is 1. The molecule has 1 aliphatic heterocycles. The Morgan fingerprint density at radius 1 is 1.31 bits per heavy atom. The van der Waals surface area contributed by atoms with Crippen molar-refractivity contribution in [3.05, 3.63) is 0 Å². The highest BCUT2D eigenvalue weighted by atomic mass is 16.5. The Morgan fingerprint density at radius 3 is 2.54 bits per heavy atom. The van der Waals surface area contributed by atoms with E-state index < -0.39 is 0 Å². The molecule has 2 fully saturated rings. The molecule has 0 aromatic rings. The van der Waals surface area contributed by atoms with Gasteiger partial charge in [0.15, 0.2) is 0 Å². The molecule has 2 aliphatic rings. The summed E-state index contributed by atoms with van der Waals surface area (Å²) < 4.78 is 5.34. The topological polar surface area (TPSA) is 21.3 Å². The summed E-state index contributed by atoms with van der Waals surface area (Å²) in [5, 5.41) is 3.71. The van der Waals surface area contributed by atoms with Crippen molar-refractivity contribution in [3.63, 3.8) is 0 Å². The molecule has 1 N–H and O–H groups in total. The van der Waals surface area contributed by atoms with Crippen molar-refractivity contribution in [2.75, 3.05) is 19.8 Å². The van der Waals surface area contributed by atoms with Gasteiger partial charge >= 0.3 is 0 Å². The number of hydrogen-bond acceptors (Lipinski definition) is 2. The number of hydrogen-bond donors (Lipinski definition) is 1. The standard InChI is InChI=1S/C11H21NO/c1-11(5-2-6-11)12-9-10-3-7-13-8-4-10/h10,12H,2-9H2,1H3. The zero-order valence-corrected chi connectivity index (χ0v) is 8.64. The molecule has 2 nitrogen and oxygen atoms in total. The van der Waals surface area contributed by atoms with Gasteiger partial charge in [0.1, 0.15) is 0 Å². The molecule has 0 amide bonds. The van der Waals surface area contributed by atoms with E-state index in [4.69, 9.17) is 4.74 Å². The highest BCUT2D eigenvalue weighted by Gasteiger charge is 2.31. The molecule has 1 heterocycles. The number of rotatable bonds is 3. The van der Waals surface area contributed by atoms with Crippen LogP contribution in [0, 0.1) is 5.92 Å². The first kappa shape index (κ1) is 9.47. The van der Waals surface area contributed by atoms with Crippen LogP contribution in [-0.4, -0.2) is 25.3 Å². The van der Waals surface area contributed by atoms with Crippen LogP contribution >= 0.6 is 0 Å². The van der Waals surface area contributed by atoms with Crippen molar-refractivity contribution < 1.29 is 4.74 Å². The monoisotopic (exact) mass is 183 g/mol. The largest absolute Gasteiger partial charge is 0.381 e. The molecule has 2 heteroatoms. The van der Waals surface area contributed by atoms with Crippen LogP contribution in [0.2, 0.25) is 0 Å². The Labute approximate surface area is 81.0 Å². The Morgan fingerprint density at radius 2 is 2.00 bits per heavy atom. The van der Waals surface area contributed by atoms with Crippen LogP contribution in [0.1, 0.15) is 39.0 Å². The Balaban J connectivity index is 1.66. The SMILES string of the molecule is CC1(NCC2CCOCC2)CCC1. The second kappa shape index (κ2) is 3.97. The molecule has 0 radical (unpaired) electrons. The lowest BCUT2D eigenvalue weighted by atomic mass is 9.78. The molecular formula is C11H21NO. The normalized spacial score (nSPS) is 28.4. The van der Waals surface area contributed by atoms with E-state index >= 15 is 0 Å². The minimum atomic E-state index is 0.484. The highest BCUT2D eigenvalue weighted by molar-refractivity contribution is 4.91. The van der Waals surface area contributed by atoms with Crippen molar-refractivity contribution in [1.29, 1.82) is 0 Å². The summed E-state index contributed by atoms with van der Waals surface area (Å²) in [5.41, 5.74) is 0.484. The smallest absolute Gasteiger partial charge is 0.0469 e. The third-order valence-corrected chi connectivity index (χ3v) is 3.62. The summed E-state index contributed by atoms with van der Waals surface area (Å²) >= 11 is 0. The van der Waals surface area contributed by atoms with Crippen LogP contribution in [0.25, 0.3) is 0 Å². The van der Waals surface area contributed by atoms with Crippen molar-refractivity contribution in [3.8, 4) is 0 Å². The van der Waals surface area contributed by atoms with E-state index in [1.807, 2.05) is 0 Å². The Hall–Kier alpha value is -0.0800. The van der Waals surface area contributed by atoms with E-state index in [1.54, 1.807) is 0 Å². The van der Waals surface area contributed by atoms with Gasteiger partial charge in [0.2, 0.25) is 0 Å². The summed E-state index contributed by atoms with van der Waals surface area (Å²) in [5.74, 6) is 0.867. The molecule has 1 saturated carbocycles. The average molecular weight is 183 g/mol. The fourth-order valence-electron chi connectivity index (χ4n) is 2.23. The minimum Gasteiger partial charge on any atom is -0.381 e. The Kier molecular flexibility index (Phi) is 2.89. The van der Waals surface area contributed by atoms with Crippen molar-refractivity contribution >= 4 is 0 Å². The van der Waals surface area contributed by atoms with Crippen LogP contribution in [-0.2, 0) is 4.74 Å². The molecule has 0 bridgehead atoms. The lowest BCUT2D eigenvalue weighted by Crippen LogP contribution is -2.50. The van der Waals surface area contributed by atoms with E-state index in [0.717, 1.165) is 19.1 Å². The van der Waals surface area contributed by atoms with Crippen LogP contribution < -0.4 is 5.32 Å². The molecule has 0 aromatic heterocycles. The lowest BCUT2D eigenvalue weighted by molar-refractivity contribution is 0.0606. The lowest BCUT2D eigenvalue weighted by Gasteiger charge is -2.41. The maximum absolute atomic E-state index is 5.34. The van der Waals surface area contributed by atoms with Gasteiger partial charge < -0.3 is 10.1 Å². The van der Waals surface area contributed by atoms with Gasteiger partial charge in [-0.3, -0.25) is 0 Å². The van der Waals surface area contributed by atoms with Gasteiger partial charge in [0.05, 0.1) is 0 Å².